The molecule has 0 saturated carbocycles. The second-order valence-electron chi connectivity index (χ2n) is 1.28. The van der Waals surface area contributed by atoms with E-state index in [-0.39, 0.29) is 21.4 Å². The van der Waals surface area contributed by atoms with Gasteiger partial charge in [-0.1, -0.05) is 5.09 Å². The predicted octanol–water partition coefficient (Wildman–Crippen LogP) is 0.643. The summed E-state index contributed by atoms with van der Waals surface area (Å²) in [6.45, 7) is 0. The minimum absolute atomic E-state index is 0. The average molecular weight is 297 g/mol. The Hall–Kier alpha value is 0.324. The number of rotatable bonds is 2. The van der Waals surface area contributed by atoms with Crippen LogP contribution in [0.2, 0.25) is 0 Å². The Bertz CT molecular complexity index is 181. The van der Waals surface area contributed by atoms with Gasteiger partial charge in [0.1, 0.15) is 6.29 Å². The fourth-order valence-electron chi connectivity index (χ4n) is 0.0759. The van der Waals surface area contributed by atoms with Gasteiger partial charge in [0.15, 0.2) is 0 Å². The smallest absolute Gasteiger partial charge is 0.121 e. The number of allylic oxidation sites excluding steroid dienone is 1. The second-order valence-corrected chi connectivity index (χ2v) is 2.62. The molecule has 7 heteroatoms. The van der Waals surface area contributed by atoms with E-state index < -0.39 is 0 Å². The SMILES string of the molecule is CO/C([S-])=C/[S-].O=C/C([S-])=C/[S-].[Ni]. The molecule has 0 aromatic rings. The maximum atomic E-state index is 9.50. The first-order valence-corrected chi connectivity index (χ1v) is 4.35. The second kappa shape index (κ2) is 14.8. The van der Waals surface area contributed by atoms with Crippen LogP contribution in [-0.2, 0) is 76.5 Å². The molecule has 0 heterocycles. The van der Waals surface area contributed by atoms with E-state index in [4.69, 9.17) is 0 Å². The Morgan fingerprint density at radius 1 is 1.23 bits per heavy atom. The Kier molecular flexibility index (Phi) is 21.7. The van der Waals surface area contributed by atoms with E-state index >= 15 is 0 Å². The van der Waals surface area contributed by atoms with Crippen LogP contribution in [0.15, 0.2) is 20.8 Å². The summed E-state index contributed by atoms with van der Waals surface area (Å²) in [5.41, 5.74) is 0. The van der Waals surface area contributed by atoms with Crippen LogP contribution in [0.25, 0.3) is 0 Å². The molecule has 0 aromatic heterocycles. The number of aldehydes is 1. The van der Waals surface area contributed by atoms with Gasteiger partial charge in [0.2, 0.25) is 0 Å². The van der Waals surface area contributed by atoms with Crippen molar-refractivity contribution in [2.45, 2.75) is 0 Å². The van der Waals surface area contributed by atoms with Gasteiger partial charge in [-0.2, -0.15) is 10.3 Å². The molecule has 0 aliphatic rings. The molecule has 0 radical (unpaired) electrons. The van der Waals surface area contributed by atoms with Crippen LogP contribution >= 0.6 is 0 Å². The molecule has 0 unspecified atom stereocenters. The number of methoxy groups -OCH3 is 1. The van der Waals surface area contributed by atoms with Crippen molar-refractivity contribution in [1.29, 1.82) is 0 Å². The molecule has 0 aliphatic heterocycles. The van der Waals surface area contributed by atoms with Gasteiger partial charge in [0.05, 0.1) is 7.11 Å². The summed E-state index contributed by atoms with van der Waals surface area (Å²) < 4.78 is 4.47. The molecule has 13 heavy (non-hydrogen) atoms. The Labute approximate surface area is 110 Å². The van der Waals surface area contributed by atoms with E-state index in [1.807, 2.05) is 0 Å². The van der Waals surface area contributed by atoms with E-state index in [1.165, 1.54) is 17.9 Å². The molecule has 0 aromatic carbocycles. The molecule has 0 bridgehead atoms. The number of hydrogen-bond donors (Lipinski definition) is 0. The van der Waals surface area contributed by atoms with Crippen molar-refractivity contribution in [3.8, 4) is 0 Å². The summed E-state index contributed by atoms with van der Waals surface area (Å²) in [5.74, 6) is 0. The number of carbonyl (C=O) groups is 1. The molecule has 0 spiro atoms. The van der Waals surface area contributed by atoms with Gasteiger partial charge < -0.3 is 60.0 Å². The Morgan fingerprint density at radius 3 is 1.69 bits per heavy atom. The first-order valence-electron chi connectivity index (χ1n) is 2.59. The van der Waals surface area contributed by atoms with Crippen molar-refractivity contribution in [2.24, 2.45) is 0 Å². The monoisotopic (exact) mass is 296 g/mol. The molecule has 0 aliphatic carbocycles. The van der Waals surface area contributed by atoms with Crippen molar-refractivity contribution in [2.75, 3.05) is 7.11 Å². The van der Waals surface area contributed by atoms with Crippen LogP contribution in [0.4, 0.5) is 0 Å². The molecule has 0 saturated heterocycles. The van der Waals surface area contributed by atoms with Crippen LogP contribution in [0, 0.1) is 0 Å². The molecule has 0 amide bonds. The minimum atomic E-state index is 0. The third-order valence-electron chi connectivity index (χ3n) is 0.530. The summed E-state index contributed by atoms with van der Waals surface area (Å²) in [4.78, 5) is 9.68. The average Bonchev–Trinajstić information content (AvgIpc) is 2.16. The normalized spacial score (nSPS) is 10.2. The fourth-order valence-corrected chi connectivity index (χ4v) is 0.228. The number of ether oxygens (including phenoxy) is 1. The van der Waals surface area contributed by atoms with Crippen LogP contribution < -0.4 is 0 Å². The third-order valence-corrected chi connectivity index (χ3v) is 1.79. The zero-order valence-electron chi connectivity index (χ0n) is 6.50. The van der Waals surface area contributed by atoms with E-state index in [1.54, 1.807) is 0 Å². The van der Waals surface area contributed by atoms with Gasteiger partial charge >= 0.3 is 0 Å². The zero-order chi connectivity index (χ0) is 9.98. The third kappa shape index (κ3) is 19.0. The van der Waals surface area contributed by atoms with E-state index in [0.29, 0.717) is 11.4 Å². The molecule has 0 rings (SSSR count). The summed E-state index contributed by atoms with van der Waals surface area (Å²) in [7, 11) is 1.49. The molecule has 2 nitrogen and oxygen atoms in total. The van der Waals surface area contributed by atoms with Crippen molar-refractivity contribution in [3.63, 3.8) is 0 Å². The van der Waals surface area contributed by atoms with Crippen LogP contribution in [0.3, 0.4) is 0 Å². The van der Waals surface area contributed by atoms with E-state index in [9.17, 15) is 4.79 Å². The van der Waals surface area contributed by atoms with Crippen molar-refractivity contribution in [1.82, 2.24) is 0 Å². The van der Waals surface area contributed by atoms with Crippen molar-refractivity contribution >= 4 is 56.8 Å². The van der Waals surface area contributed by atoms with Gasteiger partial charge in [-0.25, -0.2) is 5.41 Å². The summed E-state index contributed by atoms with van der Waals surface area (Å²) >= 11 is 17.5. The van der Waals surface area contributed by atoms with Crippen LogP contribution in [-0.4, -0.2) is 13.4 Å². The molecule has 80 valence electrons. The van der Waals surface area contributed by atoms with Gasteiger partial charge in [0, 0.05) is 16.5 Å². The Morgan fingerprint density at radius 2 is 1.69 bits per heavy atom. The molecular formula is C6H6NiO2S4-4. The quantitative estimate of drug-likeness (QED) is 0.244. The molecular weight excluding hydrogens is 291 g/mol. The fraction of sp³-hybridized carbons (Fsp3) is 0.167. The van der Waals surface area contributed by atoms with Gasteiger partial charge in [-0.05, 0) is 0 Å². The van der Waals surface area contributed by atoms with Crippen LogP contribution in [0.5, 0.6) is 0 Å². The number of carbonyl (C=O) groups excluding carboxylic acids is 1. The maximum Gasteiger partial charge on any atom is 0.121 e. The van der Waals surface area contributed by atoms with Crippen molar-refractivity contribution in [3.05, 3.63) is 20.8 Å². The van der Waals surface area contributed by atoms with E-state index in [2.05, 4.69) is 55.3 Å². The van der Waals surface area contributed by atoms with E-state index in [0.717, 1.165) is 0 Å². The maximum absolute atomic E-state index is 9.50. The first kappa shape index (κ1) is 19.0. The molecule has 0 atom stereocenters. The Balaban J connectivity index is -0.000000143. The predicted molar refractivity (Wildman–Crippen MR) is 58.7 cm³/mol. The zero-order valence-corrected chi connectivity index (χ0v) is 10.8. The largest absolute Gasteiger partial charge is 0.789 e. The minimum Gasteiger partial charge on any atom is -0.789 e. The van der Waals surface area contributed by atoms with Crippen LogP contribution in [0.1, 0.15) is 0 Å². The molecule has 0 fully saturated rings. The molecule has 0 N–H and O–H groups in total. The summed E-state index contributed by atoms with van der Waals surface area (Å²) in [6, 6.07) is 0. The van der Waals surface area contributed by atoms with Crippen molar-refractivity contribution < 1.29 is 26.0 Å². The summed E-state index contributed by atoms with van der Waals surface area (Å²) in [6.07, 6.45) is 0.544. The van der Waals surface area contributed by atoms with Gasteiger partial charge in [0.25, 0.3) is 0 Å². The topological polar surface area (TPSA) is 26.3 Å². The summed E-state index contributed by atoms with van der Waals surface area (Å²) in [5, 5.41) is 2.85. The van der Waals surface area contributed by atoms with Gasteiger partial charge in [-0.3, -0.25) is 0 Å². The first-order chi connectivity index (χ1) is 5.62. The number of hydrogen-bond acceptors (Lipinski definition) is 6. The standard InChI is InChI=1S/C3H6OS2.C3H4OS2.Ni/c1-4-3(6)2-5;4-1-3(6)2-5;/h2,5-6H,1H3;1-2,5-6H;/p-4/b2*3-2-;. The van der Waals surface area contributed by atoms with Gasteiger partial charge in [-0.15, -0.1) is 0 Å².